The van der Waals surface area contributed by atoms with Crippen LogP contribution in [0.4, 0.5) is 0 Å². The van der Waals surface area contributed by atoms with Gasteiger partial charge in [0, 0.05) is 24.0 Å². The molecule has 20 heavy (non-hydrogen) atoms. The van der Waals surface area contributed by atoms with Gasteiger partial charge < -0.3 is 5.32 Å². The van der Waals surface area contributed by atoms with Gasteiger partial charge >= 0.3 is 0 Å². The zero-order valence-corrected chi connectivity index (χ0v) is 14.2. The minimum Gasteiger partial charge on any atom is -0.347 e. The summed E-state index contributed by atoms with van der Waals surface area (Å²) in [5, 5.41) is 4.34. The van der Waals surface area contributed by atoms with Crippen molar-refractivity contribution in [2.75, 3.05) is 13.1 Å². The molecule has 1 amide bonds. The predicted molar refractivity (Wildman–Crippen MR) is 81.6 cm³/mol. The topological polar surface area (TPSA) is 66.5 Å². The number of nitrogens with zero attached hydrogens (tertiary/aromatic N) is 1. The molecule has 0 spiro atoms. The van der Waals surface area contributed by atoms with Gasteiger partial charge in [0.05, 0.1) is 9.77 Å². The Hall–Kier alpha value is -0.920. The molecule has 0 aliphatic heterocycles. The minimum absolute atomic E-state index is 0.185. The van der Waals surface area contributed by atoms with Crippen molar-refractivity contribution in [3.63, 3.8) is 0 Å². The monoisotopic (exact) mass is 318 g/mol. The van der Waals surface area contributed by atoms with Crippen LogP contribution in [0.5, 0.6) is 0 Å². The fourth-order valence-corrected chi connectivity index (χ4v) is 4.30. The zero-order valence-electron chi connectivity index (χ0n) is 12.6. The van der Waals surface area contributed by atoms with Crippen LogP contribution in [0, 0.1) is 0 Å². The first-order chi connectivity index (χ1) is 9.11. The largest absolute Gasteiger partial charge is 0.347 e. The second-order valence-corrected chi connectivity index (χ2v) is 8.29. The molecule has 0 aliphatic carbocycles. The molecule has 0 atom stereocenters. The summed E-state index contributed by atoms with van der Waals surface area (Å²) in [5.41, 5.74) is -0.348. The number of nitrogens with one attached hydrogen (secondary N) is 1. The van der Waals surface area contributed by atoms with Crippen molar-refractivity contribution in [1.29, 1.82) is 0 Å². The van der Waals surface area contributed by atoms with Gasteiger partial charge in [-0.3, -0.25) is 4.79 Å². The van der Waals surface area contributed by atoms with E-state index < -0.39 is 10.0 Å². The first kappa shape index (κ1) is 17.1. The Morgan fingerprint density at radius 1 is 1.30 bits per heavy atom. The molecule has 0 bridgehead atoms. The van der Waals surface area contributed by atoms with Crippen molar-refractivity contribution in [3.05, 3.63) is 16.3 Å². The highest BCUT2D eigenvalue weighted by molar-refractivity contribution is 7.89. The molecule has 5 nitrogen and oxygen atoms in total. The first-order valence-corrected chi connectivity index (χ1v) is 8.85. The standard InChI is InChI=1S/C13H22N2O3S2/c1-6-15(7-2)20(17,18)10-8-11(19-9-10)12(16)14-13(3,4)5/h8-9H,6-7H2,1-5H3,(H,14,16). The molecule has 1 heterocycles. The maximum absolute atomic E-state index is 12.3. The molecule has 0 saturated heterocycles. The van der Waals surface area contributed by atoms with E-state index in [1.165, 1.54) is 15.8 Å². The van der Waals surface area contributed by atoms with Crippen LogP contribution in [-0.2, 0) is 10.0 Å². The van der Waals surface area contributed by atoms with Crippen LogP contribution < -0.4 is 5.32 Å². The molecule has 0 aliphatic rings. The van der Waals surface area contributed by atoms with Crippen LogP contribution in [0.1, 0.15) is 44.3 Å². The zero-order chi connectivity index (χ0) is 15.6. The molecule has 1 rings (SSSR count). The lowest BCUT2D eigenvalue weighted by Gasteiger charge is -2.19. The lowest BCUT2D eigenvalue weighted by molar-refractivity contribution is 0.0923. The molecule has 1 aromatic heterocycles. The van der Waals surface area contributed by atoms with Crippen molar-refractivity contribution >= 4 is 27.3 Å². The molecule has 0 fully saturated rings. The lowest BCUT2D eigenvalue weighted by Crippen LogP contribution is -2.40. The third kappa shape index (κ3) is 4.04. The summed E-state index contributed by atoms with van der Waals surface area (Å²) in [6.07, 6.45) is 0. The second kappa shape index (κ2) is 6.24. The minimum atomic E-state index is -3.49. The van der Waals surface area contributed by atoms with Crippen LogP contribution in [0.2, 0.25) is 0 Å². The number of hydrogen-bond donors (Lipinski definition) is 1. The van der Waals surface area contributed by atoms with E-state index in [4.69, 9.17) is 0 Å². The van der Waals surface area contributed by atoms with E-state index in [1.807, 2.05) is 20.8 Å². The van der Waals surface area contributed by atoms with E-state index in [-0.39, 0.29) is 16.3 Å². The van der Waals surface area contributed by atoms with Gasteiger partial charge in [-0.15, -0.1) is 11.3 Å². The number of hydrogen-bond acceptors (Lipinski definition) is 4. The number of carbonyl (C=O) groups is 1. The summed E-state index contributed by atoms with van der Waals surface area (Å²) >= 11 is 1.15. The third-order valence-corrected chi connectivity index (χ3v) is 5.74. The van der Waals surface area contributed by atoms with E-state index in [0.717, 1.165) is 11.3 Å². The van der Waals surface area contributed by atoms with E-state index in [2.05, 4.69) is 5.32 Å². The summed E-state index contributed by atoms with van der Waals surface area (Å²) in [5.74, 6) is -0.247. The van der Waals surface area contributed by atoms with Gasteiger partial charge in [0.25, 0.3) is 5.91 Å². The van der Waals surface area contributed by atoms with Crippen molar-refractivity contribution in [2.24, 2.45) is 0 Å². The molecule has 0 aromatic carbocycles. The summed E-state index contributed by atoms with van der Waals surface area (Å²) in [6.45, 7) is 10.1. The molecule has 7 heteroatoms. The second-order valence-electron chi connectivity index (χ2n) is 5.44. The number of rotatable bonds is 5. The number of amides is 1. The Labute approximate surface area is 125 Å². The van der Waals surface area contributed by atoms with Crippen molar-refractivity contribution in [2.45, 2.75) is 45.1 Å². The summed E-state index contributed by atoms with van der Waals surface area (Å²) in [4.78, 5) is 12.6. The van der Waals surface area contributed by atoms with E-state index >= 15 is 0 Å². The smallest absolute Gasteiger partial charge is 0.261 e. The van der Waals surface area contributed by atoms with E-state index in [1.54, 1.807) is 13.8 Å². The molecule has 0 radical (unpaired) electrons. The van der Waals surface area contributed by atoms with Crippen LogP contribution in [-0.4, -0.2) is 37.3 Å². The lowest BCUT2D eigenvalue weighted by atomic mass is 10.1. The fraction of sp³-hybridized carbons (Fsp3) is 0.615. The highest BCUT2D eigenvalue weighted by Crippen LogP contribution is 2.23. The van der Waals surface area contributed by atoms with Crippen molar-refractivity contribution in [1.82, 2.24) is 9.62 Å². The highest BCUT2D eigenvalue weighted by Gasteiger charge is 2.25. The van der Waals surface area contributed by atoms with Crippen LogP contribution >= 0.6 is 11.3 Å². The summed E-state index contributed by atoms with van der Waals surface area (Å²) < 4.78 is 26.0. The number of carbonyl (C=O) groups excluding carboxylic acids is 1. The quantitative estimate of drug-likeness (QED) is 0.906. The average molecular weight is 318 g/mol. The SMILES string of the molecule is CCN(CC)S(=O)(=O)c1csc(C(=O)NC(C)(C)C)c1. The molecular formula is C13H22N2O3S2. The molecule has 1 aromatic rings. The van der Waals surface area contributed by atoms with Gasteiger partial charge in [-0.1, -0.05) is 13.8 Å². The van der Waals surface area contributed by atoms with E-state index in [9.17, 15) is 13.2 Å². The molecule has 1 N–H and O–H groups in total. The van der Waals surface area contributed by atoms with Crippen LogP contribution in [0.3, 0.4) is 0 Å². The number of thiophene rings is 1. The molecular weight excluding hydrogens is 296 g/mol. The fourth-order valence-electron chi connectivity index (χ4n) is 1.69. The Morgan fingerprint density at radius 3 is 2.30 bits per heavy atom. The third-order valence-electron chi connectivity index (χ3n) is 2.63. The summed E-state index contributed by atoms with van der Waals surface area (Å²) in [7, 11) is -3.49. The Bertz CT molecular complexity index is 567. The van der Waals surface area contributed by atoms with Gasteiger partial charge in [0.1, 0.15) is 0 Å². The highest BCUT2D eigenvalue weighted by atomic mass is 32.2. The Morgan fingerprint density at radius 2 is 1.85 bits per heavy atom. The van der Waals surface area contributed by atoms with Gasteiger partial charge in [-0.25, -0.2) is 8.42 Å². The summed E-state index contributed by atoms with van der Waals surface area (Å²) in [6, 6.07) is 1.44. The molecule has 0 saturated carbocycles. The maximum Gasteiger partial charge on any atom is 0.261 e. The van der Waals surface area contributed by atoms with Gasteiger partial charge in [0.15, 0.2) is 0 Å². The van der Waals surface area contributed by atoms with Gasteiger partial charge in [-0.2, -0.15) is 4.31 Å². The maximum atomic E-state index is 12.3. The van der Waals surface area contributed by atoms with Crippen LogP contribution in [0.25, 0.3) is 0 Å². The van der Waals surface area contributed by atoms with Crippen molar-refractivity contribution in [3.8, 4) is 0 Å². The average Bonchev–Trinajstić information content (AvgIpc) is 2.77. The Balaban J connectivity index is 3.01. The van der Waals surface area contributed by atoms with E-state index in [0.29, 0.717) is 18.0 Å². The Kier molecular flexibility index (Phi) is 5.34. The molecule has 114 valence electrons. The number of sulfonamides is 1. The van der Waals surface area contributed by atoms with Gasteiger partial charge in [-0.05, 0) is 26.8 Å². The predicted octanol–water partition coefficient (Wildman–Crippen LogP) is 2.31. The van der Waals surface area contributed by atoms with Crippen molar-refractivity contribution < 1.29 is 13.2 Å². The van der Waals surface area contributed by atoms with Gasteiger partial charge in [0.2, 0.25) is 10.0 Å². The first-order valence-electron chi connectivity index (χ1n) is 6.53. The van der Waals surface area contributed by atoms with Crippen LogP contribution in [0.15, 0.2) is 16.3 Å². The normalized spacial score (nSPS) is 12.7. The molecule has 0 unspecified atom stereocenters.